The normalized spacial score (nSPS) is 30.1. The molecule has 1 aromatic carbocycles. The first-order chi connectivity index (χ1) is 8.63. The van der Waals surface area contributed by atoms with Gasteiger partial charge in [-0.25, -0.2) is 4.39 Å². The highest BCUT2D eigenvalue weighted by Gasteiger charge is 2.32. The Bertz CT molecular complexity index is 399. The van der Waals surface area contributed by atoms with Gasteiger partial charge in [0, 0.05) is 33.1 Å². The van der Waals surface area contributed by atoms with Gasteiger partial charge >= 0.3 is 0 Å². The number of hydrogen-bond donors (Lipinski definition) is 1. The van der Waals surface area contributed by atoms with E-state index in [2.05, 4.69) is 19.2 Å². The Labute approximate surface area is 117 Å². The minimum atomic E-state index is -0.103. The second-order valence-corrected chi connectivity index (χ2v) is 7.74. The summed E-state index contributed by atoms with van der Waals surface area (Å²) >= 11 is 3.98. The Morgan fingerprint density at radius 3 is 2.61 bits per heavy atom. The number of rotatable bonds is 3. The Hall–Kier alpha value is -0.190. The van der Waals surface area contributed by atoms with Gasteiger partial charge < -0.3 is 5.32 Å². The third-order valence-corrected chi connectivity index (χ3v) is 6.99. The summed E-state index contributed by atoms with van der Waals surface area (Å²) in [5.74, 6) is 0.976. The number of halogens is 1. The molecule has 1 heterocycles. The number of hydrogen-bond acceptors (Lipinski definition) is 3. The molecule has 0 aromatic heterocycles. The van der Waals surface area contributed by atoms with E-state index in [1.807, 2.05) is 42.7 Å². The van der Waals surface area contributed by atoms with Crippen LogP contribution in [0.4, 0.5) is 4.39 Å². The fourth-order valence-electron chi connectivity index (χ4n) is 2.25. The number of thioether (sulfide) groups is 2. The summed E-state index contributed by atoms with van der Waals surface area (Å²) in [6, 6.07) is 7.20. The first-order valence-electron chi connectivity index (χ1n) is 6.32. The lowest BCUT2D eigenvalue weighted by Gasteiger charge is -2.36. The van der Waals surface area contributed by atoms with E-state index in [1.165, 1.54) is 0 Å². The van der Waals surface area contributed by atoms with Crippen LogP contribution in [0.1, 0.15) is 25.5 Å². The highest BCUT2D eigenvalue weighted by molar-refractivity contribution is 8.07. The van der Waals surface area contributed by atoms with Gasteiger partial charge in [-0.15, -0.1) is 0 Å². The molecular formula is C14H20FNS2. The van der Waals surface area contributed by atoms with Crippen LogP contribution in [0.5, 0.6) is 0 Å². The van der Waals surface area contributed by atoms with E-state index in [4.69, 9.17) is 0 Å². The average Bonchev–Trinajstić information content (AvgIpc) is 2.37. The molecule has 1 nitrogen and oxygen atoms in total. The van der Waals surface area contributed by atoms with Crippen molar-refractivity contribution in [2.75, 3.05) is 12.8 Å². The molecule has 4 unspecified atom stereocenters. The topological polar surface area (TPSA) is 12.0 Å². The molecule has 4 atom stereocenters. The third kappa shape index (κ3) is 3.03. The molecular weight excluding hydrogens is 265 g/mol. The molecule has 1 aliphatic heterocycles. The van der Waals surface area contributed by atoms with Crippen molar-refractivity contribution < 1.29 is 4.39 Å². The van der Waals surface area contributed by atoms with Crippen LogP contribution in [0, 0.1) is 5.82 Å². The van der Waals surface area contributed by atoms with Crippen molar-refractivity contribution in [2.45, 2.75) is 35.6 Å². The standard InChI is InChI=1S/C14H20FNS2/c1-9-10(2)18-13(8-17-9)14(16-3)11-6-4-5-7-12(11)15/h4-7,9-10,13-14,16H,8H2,1-3H3. The summed E-state index contributed by atoms with van der Waals surface area (Å²) in [6.45, 7) is 4.54. The molecule has 0 bridgehead atoms. The fraction of sp³-hybridized carbons (Fsp3) is 0.571. The van der Waals surface area contributed by atoms with Gasteiger partial charge in [0.1, 0.15) is 5.82 Å². The van der Waals surface area contributed by atoms with Crippen molar-refractivity contribution in [3.8, 4) is 0 Å². The molecule has 0 amide bonds. The van der Waals surface area contributed by atoms with Crippen LogP contribution >= 0.6 is 23.5 Å². The Morgan fingerprint density at radius 2 is 2.00 bits per heavy atom. The largest absolute Gasteiger partial charge is 0.312 e. The minimum absolute atomic E-state index is 0.0960. The van der Waals surface area contributed by atoms with E-state index in [1.54, 1.807) is 12.1 Å². The van der Waals surface area contributed by atoms with Gasteiger partial charge in [0.15, 0.2) is 0 Å². The van der Waals surface area contributed by atoms with Crippen molar-refractivity contribution in [2.24, 2.45) is 0 Å². The molecule has 1 aliphatic rings. The Morgan fingerprint density at radius 1 is 1.28 bits per heavy atom. The van der Waals surface area contributed by atoms with Gasteiger partial charge in [-0.05, 0) is 13.1 Å². The summed E-state index contributed by atoms with van der Waals surface area (Å²) in [4.78, 5) is 0. The first-order valence-corrected chi connectivity index (χ1v) is 8.31. The van der Waals surface area contributed by atoms with Gasteiger partial charge in [-0.1, -0.05) is 32.0 Å². The van der Waals surface area contributed by atoms with Crippen LogP contribution in [0.2, 0.25) is 0 Å². The lowest BCUT2D eigenvalue weighted by atomic mass is 10.0. The zero-order chi connectivity index (χ0) is 13.1. The molecule has 1 aromatic rings. The van der Waals surface area contributed by atoms with E-state index in [0.717, 1.165) is 11.3 Å². The van der Waals surface area contributed by atoms with E-state index < -0.39 is 0 Å². The smallest absolute Gasteiger partial charge is 0.128 e. The van der Waals surface area contributed by atoms with Gasteiger partial charge in [-0.3, -0.25) is 0 Å². The van der Waals surface area contributed by atoms with Crippen LogP contribution in [0.25, 0.3) is 0 Å². The van der Waals surface area contributed by atoms with Crippen molar-refractivity contribution in [3.05, 3.63) is 35.6 Å². The molecule has 4 heteroatoms. The third-order valence-electron chi connectivity index (χ3n) is 3.50. The van der Waals surface area contributed by atoms with Crippen LogP contribution in [0.3, 0.4) is 0 Å². The minimum Gasteiger partial charge on any atom is -0.312 e. The van der Waals surface area contributed by atoms with E-state index in [0.29, 0.717) is 15.7 Å². The van der Waals surface area contributed by atoms with Gasteiger partial charge in [-0.2, -0.15) is 23.5 Å². The van der Waals surface area contributed by atoms with Gasteiger partial charge in [0.25, 0.3) is 0 Å². The predicted molar refractivity (Wildman–Crippen MR) is 81.0 cm³/mol. The Kier molecular flexibility index (Phi) is 4.98. The van der Waals surface area contributed by atoms with Crippen LogP contribution in [0.15, 0.2) is 24.3 Å². The van der Waals surface area contributed by atoms with E-state index in [9.17, 15) is 4.39 Å². The molecule has 0 aliphatic carbocycles. The quantitative estimate of drug-likeness (QED) is 0.909. The molecule has 0 spiro atoms. The van der Waals surface area contributed by atoms with Gasteiger partial charge in [0.2, 0.25) is 0 Å². The molecule has 18 heavy (non-hydrogen) atoms. The van der Waals surface area contributed by atoms with Crippen LogP contribution in [-0.2, 0) is 0 Å². The summed E-state index contributed by atoms with van der Waals surface area (Å²) in [5, 5.41) is 5.03. The summed E-state index contributed by atoms with van der Waals surface area (Å²) in [7, 11) is 1.92. The summed E-state index contributed by atoms with van der Waals surface area (Å²) in [5.41, 5.74) is 0.792. The fourth-order valence-corrected chi connectivity index (χ4v) is 5.40. The molecule has 1 N–H and O–H groups in total. The molecule has 100 valence electrons. The Balaban J connectivity index is 2.17. The predicted octanol–water partition coefficient (Wildman–Crippen LogP) is 3.71. The lowest BCUT2D eigenvalue weighted by Crippen LogP contribution is -2.36. The van der Waals surface area contributed by atoms with E-state index >= 15 is 0 Å². The SMILES string of the molecule is CNC(c1ccccc1F)C1CSC(C)C(C)S1. The molecule has 1 fully saturated rings. The van der Waals surface area contributed by atoms with E-state index in [-0.39, 0.29) is 11.9 Å². The molecule has 2 rings (SSSR count). The van der Waals surface area contributed by atoms with Crippen LogP contribution < -0.4 is 5.32 Å². The average molecular weight is 285 g/mol. The van der Waals surface area contributed by atoms with Crippen molar-refractivity contribution >= 4 is 23.5 Å². The van der Waals surface area contributed by atoms with Crippen molar-refractivity contribution in [1.29, 1.82) is 0 Å². The summed E-state index contributed by atoms with van der Waals surface area (Å²) < 4.78 is 13.9. The highest BCUT2D eigenvalue weighted by atomic mass is 32.2. The highest BCUT2D eigenvalue weighted by Crippen LogP contribution is 2.41. The number of benzene rings is 1. The maximum atomic E-state index is 13.9. The lowest BCUT2D eigenvalue weighted by molar-refractivity contribution is 0.533. The van der Waals surface area contributed by atoms with Crippen molar-refractivity contribution in [3.63, 3.8) is 0 Å². The maximum absolute atomic E-state index is 13.9. The zero-order valence-electron chi connectivity index (χ0n) is 11.0. The van der Waals surface area contributed by atoms with Crippen molar-refractivity contribution in [1.82, 2.24) is 5.32 Å². The first kappa shape index (κ1) is 14.2. The number of nitrogens with one attached hydrogen (secondary N) is 1. The molecule has 0 radical (unpaired) electrons. The van der Waals surface area contributed by atoms with Gasteiger partial charge in [0.05, 0.1) is 0 Å². The maximum Gasteiger partial charge on any atom is 0.128 e. The monoisotopic (exact) mass is 285 g/mol. The second-order valence-electron chi connectivity index (χ2n) is 4.71. The molecule has 1 saturated heterocycles. The summed E-state index contributed by atoms with van der Waals surface area (Å²) in [6.07, 6.45) is 0. The van der Waals surface area contributed by atoms with Crippen LogP contribution in [-0.4, -0.2) is 28.6 Å². The zero-order valence-corrected chi connectivity index (χ0v) is 12.7. The molecule has 0 saturated carbocycles. The second kappa shape index (κ2) is 6.31.